The van der Waals surface area contributed by atoms with Crippen LogP contribution in [0.3, 0.4) is 0 Å². The average molecular weight is 852 g/mol. The predicted molar refractivity (Wildman–Crippen MR) is 197 cm³/mol. The Kier molecular flexibility index (Phi) is 11.5. The molecule has 0 fully saturated rings. The first kappa shape index (κ1) is 36.5. The van der Waals surface area contributed by atoms with Crippen LogP contribution in [0.2, 0.25) is 5.02 Å². The first-order valence-corrected chi connectivity index (χ1v) is 20.0. The van der Waals surface area contributed by atoms with Crippen molar-refractivity contribution in [2.75, 3.05) is 17.9 Å². The van der Waals surface area contributed by atoms with Crippen LogP contribution >= 0.6 is 11.6 Å². The number of aromatic hydroxyl groups is 1. The van der Waals surface area contributed by atoms with Crippen LogP contribution in [0.25, 0.3) is 16.5 Å². The third-order valence-corrected chi connectivity index (χ3v) is 11.4. The molecule has 4 aromatic carbocycles. The van der Waals surface area contributed by atoms with E-state index < -0.39 is 43.3 Å². The zero-order valence-corrected chi connectivity index (χ0v) is 31.1. The first-order chi connectivity index (χ1) is 25.1. The van der Waals surface area contributed by atoms with Gasteiger partial charge in [0.25, 0.3) is 10.0 Å². The van der Waals surface area contributed by atoms with Gasteiger partial charge in [-0.15, -0.1) is 0 Å². The number of anilines is 1. The van der Waals surface area contributed by atoms with Crippen molar-refractivity contribution in [3.05, 3.63) is 140 Å². The number of aromatic nitrogens is 1. The van der Waals surface area contributed by atoms with Gasteiger partial charge in [-0.05, 0) is 23.8 Å². The van der Waals surface area contributed by atoms with Crippen LogP contribution in [0.1, 0.15) is 27.0 Å². The van der Waals surface area contributed by atoms with Gasteiger partial charge in [0.2, 0.25) is 5.91 Å². The van der Waals surface area contributed by atoms with Crippen LogP contribution < -0.4 is 42.6 Å². The van der Waals surface area contributed by atoms with Gasteiger partial charge < -0.3 is 10.3 Å². The maximum atomic E-state index is 13.0. The fraction of sp³-hybridized carbons (Fsp3) is 0.108. The van der Waals surface area contributed by atoms with Gasteiger partial charge in [0, 0.05) is 18.1 Å². The molecular formula is C37H33ClIN6O6S-. The number of benzene rings is 4. The fourth-order valence-corrected chi connectivity index (χ4v) is 7.99. The van der Waals surface area contributed by atoms with Crippen molar-refractivity contribution in [3.63, 3.8) is 0 Å². The number of hydrogen-bond acceptors (Lipinski definition) is 8. The Morgan fingerprint density at radius 1 is 0.942 bits per heavy atom. The Morgan fingerprint density at radius 3 is 2.46 bits per heavy atom. The van der Waals surface area contributed by atoms with E-state index in [-0.39, 0.29) is 23.7 Å². The number of hydrogen-bond donors (Lipinski definition) is 6. The first-order valence-electron chi connectivity index (χ1n) is 15.9. The standard InChI is InChI=1S/C37H33ClIN6O6S/c38-30-21-42-35-29(30)5-3-6-31(35)45-52(49,50)27-14-10-24(11-15-27)20-41-34(47)22-43-37(48)25-12-8-23(9-13-25)16-17-51-33-18-26(19-39-44-36(33)40)28-4-1-2-7-32(28)46/h1-15,18-19,21,42,45-46H,16-17,20,22H2,(H2,40,44)(H,41,47)(H,43,48)/q-1. The van der Waals surface area contributed by atoms with Crippen LogP contribution in [0, 0.1) is 0 Å². The molecule has 0 bridgehead atoms. The number of phenols is 1. The normalized spacial score (nSPS) is 13.1. The fourth-order valence-electron chi connectivity index (χ4n) is 5.21. The minimum absolute atomic E-state index is 0.0528. The SMILES string of the molecule is NC1=N[I-]C=C(c2ccccc2O)C=C1OCCc1ccc(C(=O)NCC(=O)NCc2ccc(S(=O)(=O)Nc3cccc4c(Cl)c[nH]c34)cc2)cc1. The molecular weight excluding hydrogens is 819 g/mol. The summed E-state index contributed by atoms with van der Waals surface area (Å²) < 4.78 is 41.0. The number of nitrogens with zero attached hydrogens (tertiary/aromatic N) is 1. The van der Waals surface area contributed by atoms with E-state index in [0.29, 0.717) is 62.9 Å². The van der Waals surface area contributed by atoms with E-state index in [1.54, 1.807) is 66.9 Å². The maximum absolute atomic E-state index is 13.0. The van der Waals surface area contributed by atoms with Gasteiger partial charge in [0.1, 0.15) is 0 Å². The molecule has 1 aliphatic heterocycles. The van der Waals surface area contributed by atoms with E-state index >= 15 is 0 Å². The Morgan fingerprint density at radius 2 is 1.69 bits per heavy atom. The van der Waals surface area contributed by atoms with E-state index in [1.165, 1.54) is 12.1 Å². The molecule has 12 nitrogen and oxygen atoms in total. The number of amidine groups is 1. The molecule has 268 valence electrons. The number of carbonyl (C=O) groups is 2. The summed E-state index contributed by atoms with van der Waals surface area (Å²) >= 11 is 5.46. The number of fused-ring (bicyclic) bond motifs is 1. The van der Waals surface area contributed by atoms with Gasteiger partial charge in [0.05, 0.1) is 27.7 Å². The number of allylic oxidation sites excluding steroid dienone is 2. The molecule has 2 heterocycles. The van der Waals surface area contributed by atoms with Gasteiger partial charge in [-0.3, -0.25) is 9.52 Å². The van der Waals surface area contributed by atoms with Gasteiger partial charge in [-0.25, -0.2) is 8.42 Å². The average Bonchev–Trinajstić information content (AvgIpc) is 3.43. The molecule has 1 aromatic heterocycles. The number of nitrogens with one attached hydrogen (secondary N) is 4. The Balaban J connectivity index is 0.941. The number of sulfonamides is 1. The second kappa shape index (κ2) is 16.4. The van der Waals surface area contributed by atoms with E-state index in [4.69, 9.17) is 22.1 Å². The van der Waals surface area contributed by atoms with Crippen molar-refractivity contribution in [3.8, 4) is 5.75 Å². The van der Waals surface area contributed by atoms with Crippen LogP contribution in [-0.4, -0.2) is 49.3 Å². The van der Waals surface area contributed by atoms with Gasteiger partial charge >= 0.3 is 168 Å². The quantitative estimate of drug-likeness (QED) is 0.0981. The van der Waals surface area contributed by atoms with E-state index in [1.807, 2.05) is 28.3 Å². The molecule has 0 radical (unpaired) electrons. The molecule has 6 rings (SSSR count). The molecule has 7 N–H and O–H groups in total. The summed E-state index contributed by atoms with van der Waals surface area (Å²) in [5.41, 5.74) is 10.6. The van der Waals surface area contributed by atoms with E-state index in [9.17, 15) is 23.1 Å². The number of phenolic OH excluding ortho intramolecular Hbond substituents is 1. The Hall–Kier alpha value is -5.32. The molecule has 0 atom stereocenters. The molecule has 5 aromatic rings. The summed E-state index contributed by atoms with van der Waals surface area (Å²) in [5, 5.41) is 16.8. The Bertz CT molecular complexity index is 2320. The monoisotopic (exact) mass is 851 g/mol. The van der Waals surface area contributed by atoms with Crippen LogP contribution in [0.5, 0.6) is 5.75 Å². The molecule has 2 amide bonds. The summed E-state index contributed by atoms with van der Waals surface area (Å²) in [6, 6.07) is 25.3. The number of rotatable bonds is 13. The number of halogens is 2. The molecule has 0 spiro atoms. The summed E-state index contributed by atoms with van der Waals surface area (Å²) in [6.07, 6.45) is 3.92. The van der Waals surface area contributed by atoms with Crippen LogP contribution in [-0.2, 0) is 32.5 Å². The van der Waals surface area contributed by atoms with E-state index in [2.05, 4.69) is 23.5 Å². The third kappa shape index (κ3) is 8.93. The zero-order valence-electron chi connectivity index (χ0n) is 27.4. The molecule has 0 saturated heterocycles. The molecule has 0 aliphatic carbocycles. The molecule has 0 unspecified atom stereocenters. The second-order valence-corrected chi connectivity index (χ2v) is 15.3. The number of amides is 2. The minimum atomic E-state index is -3.89. The summed E-state index contributed by atoms with van der Waals surface area (Å²) in [6.45, 7) is 0.217. The van der Waals surface area contributed by atoms with Crippen molar-refractivity contribution in [1.82, 2.24) is 15.6 Å². The van der Waals surface area contributed by atoms with Crippen molar-refractivity contribution in [1.29, 1.82) is 0 Å². The number of carbonyl (C=O) groups excluding carboxylic acids is 2. The molecule has 1 aliphatic rings. The second-order valence-electron chi connectivity index (χ2n) is 11.5. The van der Waals surface area contributed by atoms with Crippen molar-refractivity contribution < 1.29 is 49.3 Å². The predicted octanol–water partition coefficient (Wildman–Crippen LogP) is 2.23. The van der Waals surface area contributed by atoms with Crippen LogP contribution in [0.4, 0.5) is 5.69 Å². The van der Waals surface area contributed by atoms with Gasteiger partial charge in [-0.1, -0.05) is 35.9 Å². The number of aromatic amines is 1. The van der Waals surface area contributed by atoms with E-state index in [0.717, 1.165) is 11.1 Å². The van der Waals surface area contributed by atoms with Crippen molar-refractivity contribution >= 4 is 61.4 Å². The van der Waals surface area contributed by atoms with Crippen molar-refractivity contribution in [2.45, 2.75) is 17.9 Å². The number of nitrogens with two attached hydrogens (primary N) is 1. The number of para-hydroxylation sites is 2. The molecule has 0 saturated carbocycles. The van der Waals surface area contributed by atoms with Crippen LogP contribution in [0.15, 0.2) is 121 Å². The number of ether oxygens (including phenoxy) is 1. The number of H-pyrrole nitrogens is 1. The Labute approximate surface area is 315 Å². The van der Waals surface area contributed by atoms with Gasteiger partial charge in [-0.2, -0.15) is 0 Å². The summed E-state index contributed by atoms with van der Waals surface area (Å²) in [5.74, 6) is 0.108. The summed E-state index contributed by atoms with van der Waals surface area (Å²) in [7, 11) is -3.89. The summed E-state index contributed by atoms with van der Waals surface area (Å²) in [4.78, 5) is 28.2. The van der Waals surface area contributed by atoms with Crippen molar-refractivity contribution in [2.24, 2.45) is 8.94 Å². The zero-order chi connectivity index (χ0) is 36.7. The molecule has 15 heteroatoms. The van der Waals surface area contributed by atoms with Gasteiger partial charge in [0.15, 0.2) is 0 Å². The third-order valence-electron chi connectivity index (χ3n) is 7.97. The molecule has 52 heavy (non-hydrogen) atoms. The topological polar surface area (TPSA) is 188 Å².